The van der Waals surface area contributed by atoms with Gasteiger partial charge in [-0.25, -0.2) is 4.39 Å². The summed E-state index contributed by atoms with van der Waals surface area (Å²) in [7, 11) is 0. The maximum absolute atomic E-state index is 13.4. The van der Waals surface area contributed by atoms with Crippen molar-refractivity contribution in [3.8, 4) is 22.5 Å². The summed E-state index contributed by atoms with van der Waals surface area (Å²) in [6.45, 7) is 4.57. The number of pyridine rings is 2. The molecule has 3 aromatic heterocycles. The number of benzene rings is 3. The summed E-state index contributed by atoms with van der Waals surface area (Å²) in [5, 5.41) is 1.88. The van der Waals surface area contributed by atoms with Gasteiger partial charge in [0.25, 0.3) is 0 Å². The molecule has 6 heteroatoms. The van der Waals surface area contributed by atoms with Gasteiger partial charge in [-0.05, 0) is 36.2 Å². The summed E-state index contributed by atoms with van der Waals surface area (Å²) in [6, 6.07) is 29.8. The Balaban J connectivity index is 0.000000188. The Hall–Kier alpha value is -3.12. The van der Waals surface area contributed by atoms with Crippen molar-refractivity contribution in [3.05, 3.63) is 114 Å². The molecule has 7 rings (SSSR count). The van der Waals surface area contributed by atoms with E-state index >= 15 is 0 Å². The van der Waals surface area contributed by atoms with Crippen LogP contribution in [0.3, 0.4) is 0 Å². The minimum absolute atomic E-state index is 0. The van der Waals surface area contributed by atoms with Gasteiger partial charge < -0.3 is 9.40 Å². The molecule has 1 aliphatic carbocycles. The van der Waals surface area contributed by atoms with Crippen molar-refractivity contribution >= 4 is 39.6 Å². The van der Waals surface area contributed by atoms with Crippen LogP contribution in [0.25, 0.3) is 44.5 Å². The van der Waals surface area contributed by atoms with Crippen molar-refractivity contribution in [2.24, 2.45) is 11.8 Å². The molecule has 3 aromatic carbocycles. The quantitative estimate of drug-likeness (QED) is 0.119. The van der Waals surface area contributed by atoms with E-state index in [0.29, 0.717) is 11.5 Å². The van der Waals surface area contributed by atoms with E-state index in [0.717, 1.165) is 57.6 Å². The Morgan fingerprint density at radius 3 is 2.38 bits per heavy atom. The minimum Gasteiger partial charge on any atom is -0.500 e. The predicted octanol–water partition coefficient (Wildman–Crippen LogP) is 10.6. The van der Waals surface area contributed by atoms with E-state index in [4.69, 9.17) is 9.40 Å². The number of rotatable bonds is 7. The molecule has 6 aromatic rings. The van der Waals surface area contributed by atoms with Gasteiger partial charge in [-0.3, -0.25) is 0 Å². The number of halogens is 1. The van der Waals surface area contributed by atoms with Gasteiger partial charge in [-0.15, -0.1) is 23.8 Å². The van der Waals surface area contributed by atoms with Crippen molar-refractivity contribution in [2.45, 2.75) is 69.6 Å². The van der Waals surface area contributed by atoms with Gasteiger partial charge in [0, 0.05) is 37.8 Å². The summed E-state index contributed by atoms with van der Waals surface area (Å²) in [6.07, 6.45) is 11.7. The molecule has 0 aliphatic heterocycles. The molecule has 245 valence electrons. The number of hydrogen-bond acceptors (Lipinski definition) is 3. The molecule has 47 heavy (non-hydrogen) atoms. The first kappa shape index (κ1) is 35.2. The molecule has 1 saturated carbocycles. The van der Waals surface area contributed by atoms with E-state index < -0.39 is 13.3 Å². The number of fused-ring (bicyclic) bond motifs is 3. The molecule has 3 nitrogen and oxygen atoms in total. The summed E-state index contributed by atoms with van der Waals surface area (Å²) in [4.78, 5) is 9.25. The second kappa shape index (κ2) is 15.4. The topological polar surface area (TPSA) is 38.9 Å². The standard InChI is InChI=1S/C23H19FNO.C18H24GeN.Ir/c24-18-6-7-19-20-13-17(5-8-22(20)26-23(19)14-18)21-12-16(9-10-25-21)11-15-3-1-2-4-15;1-14(2)11-16-12-18(15-9-7-6-8-10-15)20-13-17(16)19(3,4)5;/h6-10,12-15H,1-4,11H2;6-9,12-14H,11H2,1-5H3;/q2*-1;. The molecule has 1 aliphatic rings. The third kappa shape index (κ3) is 8.68. The monoisotopic (exact) mass is 865 g/mol. The maximum atomic E-state index is 13.4. The number of nitrogens with zero attached hydrogens (tertiary/aromatic N) is 2. The molecule has 0 atom stereocenters. The fraction of sp³-hybridized carbons (Fsp3) is 0.317. The van der Waals surface area contributed by atoms with Gasteiger partial charge >= 0.3 is 126 Å². The van der Waals surface area contributed by atoms with E-state index in [2.05, 4.69) is 78.7 Å². The van der Waals surface area contributed by atoms with Crippen LogP contribution in [0.1, 0.15) is 50.7 Å². The summed E-state index contributed by atoms with van der Waals surface area (Å²) >= 11 is -1.86. The van der Waals surface area contributed by atoms with Crippen molar-refractivity contribution in [3.63, 3.8) is 0 Å². The van der Waals surface area contributed by atoms with Crippen LogP contribution in [0, 0.1) is 29.8 Å². The van der Waals surface area contributed by atoms with Gasteiger partial charge in [0.1, 0.15) is 11.4 Å². The van der Waals surface area contributed by atoms with Crippen LogP contribution in [-0.4, -0.2) is 23.2 Å². The molecule has 0 N–H and O–H groups in total. The molecule has 0 unspecified atom stereocenters. The number of aromatic nitrogens is 2. The summed E-state index contributed by atoms with van der Waals surface area (Å²) in [5.74, 6) is 8.51. The molecule has 0 saturated heterocycles. The van der Waals surface area contributed by atoms with E-state index in [9.17, 15) is 4.39 Å². The second-order valence-electron chi connectivity index (χ2n) is 14.1. The molecule has 1 radical (unpaired) electrons. The fourth-order valence-corrected chi connectivity index (χ4v) is 9.95. The van der Waals surface area contributed by atoms with E-state index in [1.807, 2.05) is 36.5 Å². The van der Waals surface area contributed by atoms with Crippen molar-refractivity contribution in [2.75, 3.05) is 0 Å². The average Bonchev–Trinajstić information content (AvgIpc) is 3.68. The van der Waals surface area contributed by atoms with Crippen LogP contribution in [0.15, 0.2) is 89.6 Å². The average molecular weight is 864 g/mol. The van der Waals surface area contributed by atoms with Crippen LogP contribution in [0.4, 0.5) is 4.39 Å². The van der Waals surface area contributed by atoms with Crippen molar-refractivity contribution in [1.29, 1.82) is 0 Å². The van der Waals surface area contributed by atoms with Gasteiger partial charge in [0.05, 0.1) is 5.58 Å². The van der Waals surface area contributed by atoms with E-state index in [1.54, 1.807) is 10.5 Å². The number of hydrogen-bond donors (Lipinski definition) is 0. The normalized spacial score (nSPS) is 13.5. The Kier molecular flexibility index (Phi) is 11.5. The van der Waals surface area contributed by atoms with Gasteiger partial charge in [0.2, 0.25) is 0 Å². The number of furan rings is 1. The minimum atomic E-state index is -1.86. The van der Waals surface area contributed by atoms with Crippen molar-refractivity contribution < 1.29 is 28.9 Å². The zero-order valence-electron chi connectivity index (χ0n) is 28.0. The van der Waals surface area contributed by atoms with Crippen LogP contribution in [0.2, 0.25) is 17.3 Å². The van der Waals surface area contributed by atoms with Crippen LogP contribution in [0.5, 0.6) is 0 Å². The molecule has 1 fully saturated rings. The second-order valence-corrected chi connectivity index (χ2v) is 24.7. The third-order valence-electron chi connectivity index (χ3n) is 8.88. The molecule has 3 heterocycles. The zero-order chi connectivity index (χ0) is 32.3. The first-order valence-electron chi connectivity index (χ1n) is 16.6. The fourth-order valence-electron chi connectivity index (χ4n) is 6.62. The Bertz CT molecular complexity index is 1940. The summed E-state index contributed by atoms with van der Waals surface area (Å²) in [5.41, 5.74) is 8.13. The van der Waals surface area contributed by atoms with Gasteiger partial charge in [-0.2, -0.15) is 0 Å². The van der Waals surface area contributed by atoms with E-state index in [1.165, 1.54) is 48.9 Å². The maximum Gasteiger partial charge on any atom is 0.126 e. The molecule has 0 spiro atoms. The first-order chi connectivity index (χ1) is 22.1. The Morgan fingerprint density at radius 1 is 0.872 bits per heavy atom. The Labute approximate surface area is 295 Å². The van der Waals surface area contributed by atoms with Crippen LogP contribution < -0.4 is 4.40 Å². The molecule has 0 bridgehead atoms. The van der Waals surface area contributed by atoms with Gasteiger partial charge in [0.15, 0.2) is 0 Å². The smallest absolute Gasteiger partial charge is 0.126 e. The van der Waals surface area contributed by atoms with Gasteiger partial charge in [-0.1, -0.05) is 42.7 Å². The molecule has 0 amide bonds. The van der Waals surface area contributed by atoms with Crippen LogP contribution in [-0.2, 0) is 32.9 Å². The molecular weight excluding hydrogens is 820 g/mol. The predicted molar refractivity (Wildman–Crippen MR) is 191 cm³/mol. The zero-order valence-corrected chi connectivity index (χ0v) is 32.5. The summed E-state index contributed by atoms with van der Waals surface area (Å²) < 4.78 is 20.7. The Morgan fingerprint density at radius 2 is 1.66 bits per heavy atom. The largest absolute Gasteiger partial charge is 0.500 e. The third-order valence-corrected chi connectivity index (χ3v) is 13.2. The van der Waals surface area contributed by atoms with Crippen LogP contribution >= 0.6 is 0 Å². The first-order valence-corrected chi connectivity index (χ1v) is 23.9. The molecular formula is C41H43FGeIrN2O-2. The van der Waals surface area contributed by atoms with E-state index in [-0.39, 0.29) is 25.9 Å². The SMILES string of the molecule is CC(C)Cc1cc(-c2[c-]cccc2)nc[c]1[Ge]([CH3])([CH3])[CH3].Fc1ccc2c(c1)oc1c[c-]c(-c3cc(CC4CCCC4)ccn3)cc12.[Ir]. The van der Waals surface area contributed by atoms with Crippen molar-refractivity contribution in [1.82, 2.24) is 9.97 Å².